The summed E-state index contributed by atoms with van der Waals surface area (Å²) in [6.45, 7) is 7.84. The maximum Gasteiger partial charge on any atom is 0.320 e. The molecule has 0 aliphatic carbocycles. The van der Waals surface area contributed by atoms with E-state index in [2.05, 4.69) is 43.0 Å². The van der Waals surface area contributed by atoms with Crippen molar-refractivity contribution in [3.05, 3.63) is 35.4 Å². The third kappa shape index (κ3) is 2.98. The standard InChI is InChI=1S/C16H23NO2/c1-4-13-9-17(12(3)16(18)19)10-15(13)14-7-5-6-11(2)8-14/h5-8,12-13,15H,4,9-10H2,1-3H3,(H,18,19)/t12-,13+,15+/m1/s1. The van der Waals surface area contributed by atoms with Crippen LogP contribution < -0.4 is 0 Å². The molecule has 104 valence electrons. The summed E-state index contributed by atoms with van der Waals surface area (Å²) in [6, 6.07) is 8.23. The van der Waals surface area contributed by atoms with E-state index in [1.54, 1.807) is 6.92 Å². The van der Waals surface area contributed by atoms with Gasteiger partial charge < -0.3 is 5.11 Å². The predicted octanol–water partition coefficient (Wildman–Crippen LogP) is 2.89. The zero-order valence-corrected chi connectivity index (χ0v) is 12.0. The lowest BCUT2D eigenvalue weighted by Gasteiger charge is -2.20. The maximum atomic E-state index is 11.1. The van der Waals surface area contributed by atoms with Crippen molar-refractivity contribution in [3.8, 4) is 0 Å². The molecule has 0 amide bonds. The summed E-state index contributed by atoms with van der Waals surface area (Å²) in [5.41, 5.74) is 2.63. The van der Waals surface area contributed by atoms with E-state index >= 15 is 0 Å². The topological polar surface area (TPSA) is 40.5 Å². The van der Waals surface area contributed by atoms with Crippen LogP contribution in [-0.2, 0) is 4.79 Å². The quantitative estimate of drug-likeness (QED) is 0.906. The van der Waals surface area contributed by atoms with Gasteiger partial charge in [0.2, 0.25) is 0 Å². The van der Waals surface area contributed by atoms with Gasteiger partial charge in [0.05, 0.1) is 0 Å². The highest BCUT2D eigenvalue weighted by Gasteiger charge is 2.36. The van der Waals surface area contributed by atoms with Crippen LogP contribution in [-0.4, -0.2) is 35.1 Å². The molecule has 2 rings (SSSR count). The number of aryl methyl sites for hydroxylation is 1. The number of hydrogen-bond acceptors (Lipinski definition) is 2. The summed E-state index contributed by atoms with van der Waals surface area (Å²) in [4.78, 5) is 13.2. The number of likely N-dealkylation sites (tertiary alicyclic amines) is 1. The summed E-state index contributed by atoms with van der Waals surface area (Å²) in [6.07, 6.45) is 1.10. The van der Waals surface area contributed by atoms with Crippen LogP contribution in [0.4, 0.5) is 0 Å². The van der Waals surface area contributed by atoms with Gasteiger partial charge in [-0.15, -0.1) is 0 Å². The summed E-state index contributed by atoms with van der Waals surface area (Å²) in [5, 5.41) is 9.16. The predicted molar refractivity (Wildman–Crippen MR) is 76.4 cm³/mol. The highest BCUT2D eigenvalue weighted by molar-refractivity contribution is 5.73. The average molecular weight is 261 g/mol. The Hall–Kier alpha value is -1.35. The molecule has 0 unspecified atom stereocenters. The van der Waals surface area contributed by atoms with Gasteiger partial charge in [-0.2, -0.15) is 0 Å². The molecule has 1 N–H and O–H groups in total. The molecule has 1 saturated heterocycles. The van der Waals surface area contributed by atoms with Gasteiger partial charge in [-0.25, -0.2) is 0 Å². The molecule has 0 spiro atoms. The first-order valence-electron chi connectivity index (χ1n) is 7.06. The minimum absolute atomic E-state index is 0.385. The van der Waals surface area contributed by atoms with Crippen LogP contribution in [0.25, 0.3) is 0 Å². The van der Waals surface area contributed by atoms with E-state index in [4.69, 9.17) is 5.11 Å². The number of rotatable bonds is 4. The number of carboxylic acid groups (broad SMARTS) is 1. The maximum absolute atomic E-state index is 11.1. The van der Waals surface area contributed by atoms with Gasteiger partial charge in [-0.3, -0.25) is 9.69 Å². The zero-order valence-electron chi connectivity index (χ0n) is 12.0. The first-order valence-corrected chi connectivity index (χ1v) is 7.06. The zero-order chi connectivity index (χ0) is 14.0. The largest absolute Gasteiger partial charge is 0.480 e. The van der Waals surface area contributed by atoms with Crippen molar-refractivity contribution in [1.82, 2.24) is 4.90 Å². The Morgan fingerprint density at radius 3 is 2.79 bits per heavy atom. The summed E-state index contributed by atoms with van der Waals surface area (Å²) < 4.78 is 0. The van der Waals surface area contributed by atoms with E-state index in [0.717, 1.165) is 19.5 Å². The molecule has 1 aromatic rings. The molecule has 1 aliphatic rings. The summed E-state index contributed by atoms with van der Waals surface area (Å²) >= 11 is 0. The van der Waals surface area contributed by atoms with Crippen molar-refractivity contribution in [2.45, 2.75) is 39.2 Å². The molecule has 3 heteroatoms. The molecule has 0 aromatic heterocycles. The third-order valence-electron chi connectivity index (χ3n) is 4.37. The van der Waals surface area contributed by atoms with Gasteiger partial charge in [-0.05, 0) is 25.3 Å². The molecule has 1 fully saturated rings. The molecular formula is C16H23NO2. The van der Waals surface area contributed by atoms with Crippen LogP contribution in [0.3, 0.4) is 0 Å². The Kier molecular flexibility index (Phi) is 4.25. The molecule has 1 aliphatic heterocycles. The van der Waals surface area contributed by atoms with Crippen molar-refractivity contribution in [2.75, 3.05) is 13.1 Å². The highest BCUT2D eigenvalue weighted by Crippen LogP contribution is 2.35. The smallest absolute Gasteiger partial charge is 0.320 e. The molecule has 0 radical (unpaired) electrons. The first kappa shape index (κ1) is 14.1. The second-order valence-corrected chi connectivity index (χ2v) is 5.66. The van der Waals surface area contributed by atoms with Crippen LogP contribution >= 0.6 is 0 Å². The Bertz CT molecular complexity index is 458. The Morgan fingerprint density at radius 1 is 1.47 bits per heavy atom. The molecule has 3 nitrogen and oxygen atoms in total. The van der Waals surface area contributed by atoms with Crippen LogP contribution in [0, 0.1) is 12.8 Å². The van der Waals surface area contributed by atoms with Gasteiger partial charge in [0.15, 0.2) is 0 Å². The first-order chi connectivity index (χ1) is 9.02. The normalized spacial score (nSPS) is 25.4. The molecule has 0 bridgehead atoms. The molecule has 1 aromatic carbocycles. The number of benzene rings is 1. The van der Waals surface area contributed by atoms with Gasteiger partial charge in [-0.1, -0.05) is 43.2 Å². The monoisotopic (exact) mass is 261 g/mol. The van der Waals surface area contributed by atoms with E-state index in [1.807, 2.05) is 0 Å². The van der Waals surface area contributed by atoms with Crippen LogP contribution in [0.15, 0.2) is 24.3 Å². The molecule has 1 heterocycles. The number of aliphatic carboxylic acids is 1. The fraction of sp³-hybridized carbons (Fsp3) is 0.562. The van der Waals surface area contributed by atoms with E-state index < -0.39 is 5.97 Å². The van der Waals surface area contributed by atoms with Gasteiger partial charge in [0, 0.05) is 19.0 Å². The molecular weight excluding hydrogens is 238 g/mol. The Morgan fingerprint density at radius 2 is 2.21 bits per heavy atom. The number of nitrogens with zero attached hydrogens (tertiary/aromatic N) is 1. The Labute approximate surface area is 115 Å². The summed E-state index contributed by atoms with van der Waals surface area (Å²) in [5.74, 6) is 0.301. The van der Waals surface area contributed by atoms with Crippen molar-refractivity contribution in [2.24, 2.45) is 5.92 Å². The number of hydrogen-bond donors (Lipinski definition) is 1. The lowest BCUT2D eigenvalue weighted by molar-refractivity contribution is -0.142. The third-order valence-corrected chi connectivity index (χ3v) is 4.37. The lowest BCUT2D eigenvalue weighted by atomic mass is 9.87. The second-order valence-electron chi connectivity index (χ2n) is 5.66. The van der Waals surface area contributed by atoms with Crippen molar-refractivity contribution in [1.29, 1.82) is 0 Å². The van der Waals surface area contributed by atoms with Crippen molar-refractivity contribution in [3.63, 3.8) is 0 Å². The SMILES string of the molecule is CC[C@H]1CN([C@H](C)C(=O)O)C[C@@H]1c1cccc(C)c1. The highest BCUT2D eigenvalue weighted by atomic mass is 16.4. The minimum Gasteiger partial charge on any atom is -0.480 e. The minimum atomic E-state index is -0.722. The molecule has 0 saturated carbocycles. The van der Waals surface area contributed by atoms with Gasteiger partial charge >= 0.3 is 5.97 Å². The van der Waals surface area contributed by atoms with E-state index in [-0.39, 0.29) is 6.04 Å². The second kappa shape index (κ2) is 5.74. The van der Waals surface area contributed by atoms with E-state index in [0.29, 0.717) is 11.8 Å². The average Bonchev–Trinajstić information content (AvgIpc) is 2.81. The lowest BCUT2D eigenvalue weighted by Crippen LogP contribution is -2.37. The fourth-order valence-electron chi connectivity index (χ4n) is 3.07. The van der Waals surface area contributed by atoms with Crippen LogP contribution in [0.2, 0.25) is 0 Å². The fourth-order valence-corrected chi connectivity index (χ4v) is 3.07. The van der Waals surface area contributed by atoms with Gasteiger partial charge in [0.1, 0.15) is 6.04 Å². The number of carboxylic acids is 1. The van der Waals surface area contributed by atoms with Crippen molar-refractivity contribution >= 4 is 5.97 Å². The van der Waals surface area contributed by atoms with Crippen LogP contribution in [0.1, 0.15) is 37.3 Å². The molecule has 3 atom stereocenters. The number of carbonyl (C=O) groups is 1. The van der Waals surface area contributed by atoms with E-state index in [1.165, 1.54) is 11.1 Å². The van der Waals surface area contributed by atoms with Crippen molar-refractivity contribution < 1.29 is 9.90 Å². The van der Waals surface area contributed by atoms with Gasteiger partial charge in [0.25, 0.3) is 0 Å². The molecule has 19 heavy (non-hydrogen) atoms. The Balaban J connectivity index is 2.19. The van der Waals surface area contributed by atoms with E-state index in [9.17, 15) is 4.79 Å². The van der Waals surface area contributed by atoms with Crippen LogP contribution in [0.5, 0.6) is 0 Å². The summed E-state index contributed by atoms with van der Waals surface area (Å²) in [7, 11) is 0.